The number of nitrogens with one attached hydrogen (secondary N) is 1. The van der Waals surface area contributed by atoms with Crippen molar-refractivity contribution in [2.24, 2.45) is 0 Å². The fraction of sp³-hybridized carbons (Fsp3) is 0.417. The van der Waals surface area contributed by atoms with Crippen molar-refractivity contribution < 1.29 is 9.47 Å². The normalized spacial score (nSPS) is 9.75. The third-order valence-electron chi connectivity index (χ3n) is 1.91. The fourth-order valence-corrected chi connectivity index (χ4v) is 1.12. The molecule has 0 saturated heterocycles. The van der Waals surface area contributed by atoms with E-state index in [1.54, 1.807) is 13.3 Å². The van der Waals surface area contributed by atoms with Crippen LogP contribution < -0.4 is 10.1 Å². The molecule has 0 aliphatic carbocycles. The molecule has 0 amide bonds. The van der Waals surface area contributed by atoms with Crippen molar-refractivity contribution in [3.05, 3.63) is 24.0 Å². The summed E-state index contributed by atoms with van der Waals surface area (Å²) in [6.07, 6.45) is 6.75. The predicted molar refractivity (Wildman–Crippen MR) is 62.1 cm³/mol. The Morgan fingerprint density at radius 1 is 1.50 bits per heavy atom. The highest BCUT2D eigenvalue weighted by Crippen LogP contribution is 2.08. The maximum absolute atomic E-state index is 5.21. The molecule has 1 rings (SSSR count). The highest BCUT2D eigenvalue weighted by molar-refractivity contribution is 5.20. The third kappa shape index (κ3) is 4.78. The van der Waals surface area contributed by atoms with Crippen LogP contribution in [0.1, 0.15) is 5.69 Å². The lowest BCUT2D eigenvalue weighted by Crippen LogP contribution is -2.19. The number of pyridine rings is 1. The average molecular weight is 220 g/mol. The highest BCUT2D eigenvalue weighted by atomic mass is 16.5. The van der Waals surface area contributed by atoms with Crippen molar-refractivity contribution in [3.8, 4) is 18.1 Å². The van der Waals surface area contributed by atoms with Crippen molar-refractivity contribution in [3.63, 3.8) is 0 Å². The highest BCUT2D eigenvalue weighted by Gasteiger charge is 1.96. The maximum Gasteiger partial charge on any atom is 0.148 e. The van der Waals surface area contributed by atoms with Gasteiger partial charge >= 0.3 is 0 Å². The van der Waals surface area contributed by atoms with Crippen molar-refractivity contribution in [2.45, 2.75) is 6.54 Å². The second kappa shape index (κ2) is 7.69. The molecule has 0 aliphatic rings. The number of methoxy groups -OCH3 is 1. The molecule has 1 heterocycles. The van der Waals surface area contributed by atoms with Crippen LogP contribution in [-0.4, -0.2) is 31.9 Å². The molecule has 1 aromatic rings. The Kier molecular flexibility index (Phi) is 6.00. The molecule has 0 atom stereocenters. The van der Waals surface area contributed by atoms with Gasteiger partial charge in [0.2, 0.25) is 0 Å². The number of terminal acetylenes is 1. The Bertz CT molecular complexity index is 330. The summed E-state index contributed by atoms with van der Waals surface area (Å²) >= 11 is 0. The van der Waals surface area contributed by atoms with Gasteiger partial charge in [0, 0.05) is 20.2 Å². The summed E-state index contributed by atoms with van der Waals surface area (Å²) in [4.78, 5) is 4.23. The topological polar surface area (TPSA) is 43.4 Å². The van der Waals surface area contributed by atoms with E-state index >= 15 is 0 Å². The first-order valence-electron chi connectivity index (χ1n) is 5.07. The lowest BCUT2D eigenvalue weighted by molar-refractivity contribution is 0.199. The van der Waals surface area contributed by atoms with Crippen LogP contribution in [0.3, 0.4) is 0 Å². The second-order valence-corrected chi connectivity index (χ2v) is 3.15. The van der Waals surface area contributed by atoms with Crippen molar-refractivity contribution >= 4 is 0 Å². The first-order valence-corrected chi connectivity index (χ1v) is 5.07. The van der Waals surface area contributed by atoms with Gasteiger partial charge in [-0.25, -0.2) is 0 Å². The zero-order valence-corrected chi connectivity index (χ0v) is 9.40. The van der Waals surface area contributed by atoms with Crippen molar-refractivity contribution in [1.82, 2.24) is 10.3 Å². The van der Waals surface area contributed by atoms with Crippen LogP contribution in [0.4, 0.5) is 0 Å². The van der Waals surface area contributed by atoms with Crippen LogP contribution in [0.5, 0.6) is 5.75 Å². The quantitative estimate of drug-likeness (QED) is 0.546. The molecule has 16 heavy (non-hydrogen) atoms. The minimum Gasteiger partial charge on any atom is -0.479 e. The summed E-state index contributed by atoms with van der Waals surface area (Å²) in [5, 5.41) is 3.20. The SMILES string of the molecule is C#CCOc1ccc(CNCCOC)nc1. The van der Waals surface area contributed by atoms with Gasteiger partial charge in [0.1, 0.15) is 12.4 Å². The van der Waals surface area contributed by atoms with Gasteiger partial charge in [-0.05, 0) is 12.1 Å². The molecule has 4 nitrogen and oxygen atoms in total. The second-order valence-electron chi connectivity index (χ2n) is 3.15. The zero-order chi connectivity index (χ0) is 11.6. The number of aromatic nitrogens is 1. The van der Waals surface area contributed by atoms with Gasteiger partial charge in [0.05, 0.1) is 18.5 Å². The Morgan fingerprint density at radius 3 is 3.00 bits per heavy atom. The standard InChI is InChI=1S/C12H16N2O2/c1-3-7-16-12-5-4-11(14-10-12)9-13-6-8-15-2/h1,4-5,10,13H,6-9H2,2H3. The van der Waals surface area contributed by atoms with E-state index in [9.17, 15) is 0 Å². The summed E-state index contributed by atoms with van der Waals surface area (Å²) < 4.78 is 10.1. The van der Waals surface area contributed by atoms with Crippen LogP contribution in [0.15, 0.2) is 18.3 Å². The first kappa shape index (κ1) is 12.5. The summed E-state index contributed by atoms with van der Waals surface area (Å²) in [7, 11) is 1.68. The van der Waals surface area contributed by atoms with Crippen molar-refractivity contribution in [1.29, 1.82) is 0 Å². The Hall–Kier alpha value is -1.57. The first-order chi connectivity index (χ1) is 7.86. The molecule has 0 radical (unpaired) electrons. The van der Waals surface area contributed by atoms with Gasteiger partial charge < -0.3 is 14.8 Å². The maximum atomic E-state index is 5.21. The predicted octanol–water partition coefficient (Wildman–Crippen LogP) is 0.830. The average Bonchev–Trinajstić information content (AvgIpc) is 2.33. The summed E-state index contributed by atoms with van der Waals surface area (Å²) in [5.74, 6) is 3.10. The van der Waals surface area contributed by atoms with Crippen LogP contribution in [0.25, 0.3) is 0 Å². The minimum absolute atomic E-state index is 0.271. The van der Waals surface area contributed by atoms with Crippen LogP contribution in [0, 0.1) is 12.3 Å². The minimum atomic E-state index is 0.271. The van der Waals surface area contributed by atoms with Gasteiger partial charge in [-0.2, -0.15) is 0 Å². The molecule has 86 valence electrons. The Labute approximate surface area is 96.0 Å². The van der Waals surface area contributed by atoms with E-state index in [0.29, 0.717) is 12.4 Å². The Balaban J connectivity index is 2.31. The van der Waals surface area contributed by atoms with E-state index in [4.69, 9.17) is 15.9 Å². The van der Waals surface area contributed by atoms with E-state index in [1.807, 2.05) is 12.1 Å². The zero-order valence-electron chi connectivity index (χ0n) is 9.40. The molecule has 1 N–H and O–H groups in total. The molecular formula is C12H16N2O2. The molecule has 1 aromatic heterocycles. The molecule has 0 unspecified atom stereocenters. The molecule has 0 bridgehead atoms. The van der Waals surface area contributed by atoms with Gasteiger partial charge in [0.25, 0.3) is 0 Å². The molecule has 0 saturated carbocycles. The molecule has 0 fully saturated rings. The number of rotatable bonds is 7. The number of nitrogens with zero attached hydrogens (tertiary/aromatic N) is 1. The van der Waals surface area contributed by atoms with Gasteiger partial charge in [-0.15, -0.1) is 6.42 Å². The monoisotopic (exact) mass is 220 g/mol. The lowest BCUT2D eigenvalue weighted by Gasteiger charge is -2.05. The van der Waals surface area contributed by atoms with Gasteiger partial charge in [0.15, 0.2) is 0 Å². The summed E-state index contributed by atoms with van der Waals surface area (Å²) in [5.41, 5.74) is 0.962. The molecule has 4 heteroatoms. The third-order valence-corrected chi connectivity index (χ3v) is 1.91. The number of hydrogen-bond acceptors (Lipinski definition) is 4. The molecule has 0 aliphatic heterocycles. The van der Waals surface area contributed by atoms with Crippen molar-refractivity contribution in [2.75, 3.05) is 26.9 Å². The Morgan fingerprint density at radius 2 is 2.38 bits per heavy atom. The van der Waals surface area contributed by atoms with E-state index in [-0.39, 0.29) is 6.61 Å². The van der Waals surface area contributed by atoms with Gasteiger partial charge in [-0.3, -0.25) is 4.98 Å². The molecule has 0 aromatic carbocycles. The number of hydrogen-bond donors (Lipinski definition) is 1. The molecule has 0 spiro atoms. The summed E-state index contributed by atoms with van der Waals surface area (Å²) in [6.45, 7) is 2.50. The van der Waals surface area contributed by atoms with E-state index in [1.165, 1.54) is 0 Å². The van der Waals surface area contributed by atoms with E-state index in [2.05, 4.69) is 16.2 Å². The smallest absolute Gasteiger partial charge is 0.148 e. The largest absolute Gasteiger partial charge is 0.479 e. The van der Waals surface area contributed by atoms with E-state index in [0.717, 1.165) is 18.8 Å². The van der Waals surface area contributed by atoms with Crippen LogP contribution in [-0.2, 0) is 11.3 Å². The van der Waals surface area contributed by atoms with Gasteiger partial charge in [-0.1, -0.05) is 5.92 Å². The van der Waals surface area contributed by atoms with E-state index < -0.39 is 0 Å². The van der Waals surface area contributed by atoms with Crippen LogP contribution >= 0.6 is 0 Å². The summed E-state index contributed by atoms with van der Waals surface area (Å²) in [6, 6.07) is 3.77. The lowest BCUT2D eigenvalue weighted by atomic mass is 10.3. The van der Waals surface area contributed by atoms with Crippen LogP contribution in [0.2, 0.25) is 0 Å². The number of ether oxygens (including phenoxy) is 2. The molecular weight excluding hydrogens is 204 g/mol. The fourth-order valence-electron chi connectivity index (χ4n) is 1.12.